The average Bonchev–Trinajstić information content (AvgIpc) is 2.31. The summed E-state index contributed by atoms with van der Waals surface area (Å²) in [6, 6.07) is 0. The molecule has 0 aliphatic rings. The Bertz CT molecular complexity index is 225. The number of hydrogen-bond acceptors (Lipinski definition) is 3. The Hall–Kier alpha value is -0.870. The number of carbonyl (C=O) groups is 1. The number of aliphatic carboxylic acids is 1. The quantitative estimate of drug-likeness (QED) is 0.448. The van der Waals surface area contributed by atoms with E-state index in [2.05, 4.69) is 13.5 Å². The molecule has 0 saturated carbocycles. The van der Waals surface area contributed by atoms with Crippen molar-refractivity contribution in [2.75, 3.05) is 19.8 Å². The van der Waals surface area contributed by atoms with Crippen LogP contribution in [0.3, 0.4) is 0 Å². The monoisotopic (exact) mass is 244 g/mol. The minimum Gasteiger partial charge on any atom is -0.478 e. The molecule has 1 atom stereocenters. The van der Waals surface area contributed by atoms with Crippen LogP contribution in [0.5, 0.6) is 0 Å². The predicted octanol–water partition coefficient (Wildman–Crippen LogP) is 2.63. The van der Waals surface area contributed by atoms with E-state index in [0.29, 0.717) is 13.2 Å². The van der Waals surface area contributed by atoms with Crippen molar-refractivity contribution in [3.05, 3.63) is 12.2 Å². The highest BCUT2D eigenvalue weighted by molar-refractivity contribution is 5.86. The molecular weight excluding hydrogens is 220 g/mol. The standard InChI is InChI=1S/C13H24O4/c1-4-6-7-8-9-17-12(10-16-5-2)11(3)13(14)15/h12H,3-10H2,1-2H3,(H,14,15). The van der Waals surface area contributed by atoms with Gasteiger partial charge in [-0.1, -0.05) is 32.8 Å². The summed E-state index contributed by atoms with van der Waals surface area (Å²) in [5.41, 5.74) is 0.0638. The number of unbranched alkanes of at least 4 members (excludes halogenated alkanes) is 3. The zero-order valence-electron chi connectivity index (χ0n) is 10.9. The van der Waals surface area contributed by atoms with Gasteiger partial charge < -0.3 is 14.6 Å². The summed E-state index contributed by atoms with van der Waals surface area (Å²) in [5.74, 6) is -1.02. The van der Waals surface area contributed by atoms with E-state index in [9.17, 15) is 4.79 Å². The van der Waals surface area contributed by atoms with Crippen LogP contribution < -0.4 is 0 Å². The summed E-state index contributed by atoms with van der Waals surface area (Å²) >= 11 is 0. The topological polar surface area (TPSA) is 55.8 Å². The molecule has 0 aliphatic carbocycles. The second-order valence-corrected chi connectivity index (χ2v) is 3.91. The number of ether oxygens (including phenoxy) is 2. The van der Waals surface area contributed by atoms with Gasteiger partial charge in [-0.05, 0) is 13.3 Å². The number of hydrogen-bond donors (Lipinski definition) is 1. The molecule has 0 fully saturated rings. The lowest BCUT2D eigenvalue weighted by atomic mass is 10.1. The first-order valence-corrected chi connectivity index (χ1v) is 6.24. The minimum atomic E-state index is -1.02. The summed E-state index contributed by atoms with van der Waals surface area (Å²) in [6.07, 6.45) is 3.87. The van der Waals surface area contributed by atoms with Gasteiger partial charge in [0.2, 0.25) is 0 Å². The smallest absolute Gasteiger partial charge is 0.333 e. The van der Waals surface area contributed by atoms with E-state index in [1.54, 1.807) is 0 Å². The van der Waals surface area contributed by atoms with E-state index in [4.69, 9.17) is 14.6 Å². The molecule has 4 nitrogen and oxygen atoms in total. The average molecular weight is 244 g/mol. The van der Waals surface area contributed by atoms with E-state index < -0.39 is 12.1 Å². The fraction of sp³-hybridized carbons (Fsp3) is 0.769. The first-order chi connectivity index (χ1) is 8.13. The van der Waals surface area contributed by atoms with Crippen molar-refractivity contribution in [1.82, 2.24) is 0 Å². The molecule has 1 unspecified atom stereocenters. The minimum absolute atomic E-state index is 0.0638. The molecular formula is C13H24O4. The van der Waals surface area contributed by atoms with Gasteiger partial charge in [0.15, 0.2) is 0 Å². The highest BCUT2D eigenvalue weighted by atomic mass is 16.5. The van der Waals surface area contributed by atoms with Crippen molar-refractivity contribution in [3.63, 3.8) is 0 Å². The van der Waals surface area contributed by atoms with E-state index in [0.717, 1.165) is 12.8 Å². The van der Waals surface area contributed by atoms with Crippen molar-refractivity contribution in [3.8, 4) is 0 Å². The maximum Gasteiger partial charge on any atom is 0.333 e. The van der Waals surface area contributed by atoms with Gasteiger partial charge in [0.05, 0.1) is 12.2 Å². The largest absolute Gasteiger partial charge is 0.478 e. The molecule has 1 N–H and O–H groups in total. The number of carboxylic acids is 1. The molecule has 0 saturated heterocycles. The van der Waals surface area contributed by atoms with E-state index in [1.807, 2.05) is 6.92 Å². The lowest BCUT2D eigenvalue weighted by molar-refractivity contribution is -0.134. The Kier molecular flexibility index (Phi) is 9.77. The van der Waals surface area contributed by atoms with Crippen LogP contribution in [-0.4, -0.2) is 37.0 Å². The molecule has 0 rings (SSSR count). The predicted molar refractivity (Wildman–Crippen MR) is 67.2 cm³/mol. The third-order valence-corrected chi connectivity index (χ3v) is 2.45. The fourth-order valence-corrected chi connectivity index (χ4v) is 1.37. The summed E-state index contributed by atoms with van der Waals surface area (Å²) in [6.45, 7) is 8.89. The summed E-state index contributed by atoms with van der Waals surface area (Å²) in [4.78, 5) is 10.8. The number of carboxylic acid groups (broad SMARTS) is 1. The first kappa shape index (κ1) is 16.1. The van der Waals surface area contributed by atoms with Crippen molar-refractivity contribution in [1.29, 1.82) is 0 Å². The Balaban J connectivity index is 3.93. The molecule has 0 aromatic carbocycles. The Morgan fingerprint density at radius 3 is 2.53 bits per heavy atom. The molecule has 4 heteroatoms. The lowest BCUT2D eigenvalue weighted by Gasteiger charge is -2.17. The van der Waals surface area contributed by atoms with E-state index >= 15 is 0 Å². The highest BCUT2D eigenvalue weighted by Gasteiger charge is 2.18. The van der Waals surface area contributed by atoms with Gasteiger partial charge in [0.25, 0.3) is 0 Å². The van der Waals surface area contributed by atoms with Gasteiger partial charge in [-0.3, -0.25) is 0 Å². The van der Waals surface area contributed by atoms with Crippen molar-refractivity contribution >= 4 is 5.97 Å². The van der Waals surface area contributed by atoms with Crippen molar-refractivity contribution in [2.45, 2.75) is 45.6 Å². The first-order valence-electron chi connectivity index (χ1n) is 6.24. The second-order valence-electron chi connectivity index (χ2n) is 3.91. The lowest BCUT2D eigenvalue weighted by Crippen LogP contribution is -2.26. The molecule has 0 bridgehead atoms. The Morgan fingerprint density at radius 1 is 1.29 bits per heavy atom. The maximum absolute atomic E-state index is 10.8. The third kappa shape index (κ3) is 7.94. The Labute approximate surface area is 104 Å². The molecule has 0 heterocycles. The second kappa shape index (κ2) is 10.3. The van der Waals surface area contributed by atoms with Crippen molar-refractivity contribution < 1.29 is 19.4 Å². The van der Waals surface area contributed by atoms with Gasteiger partial charge in [0.1, 0.15) is 6.10 Å². The molecule has 0 amide bonds. The van der Waals surface area contributed by atoms with Crippen LogP contribution in [0.25, 0.3) is 0 Å². The fourth-order valence-electron chi connectivity index (χ4n) is 1.37. The molecule has 0 radical (unpaired) electrons. The van der Waals surface area contributed by atoms with Gasteiger partial charge in [-0.2, -0.15) is 0 Å². The van der Waals surface area contributed by atoms with Crippen LogP contribution >= 0.6 is 0 Å². The van der Waals surface area contributed by atoms with Crippen LogP contribution in [0, 0.1) is 0 Å². The molecule has 100 valence electrons. The SMILES string of the molecule is C=C(C(=O)O)C(COCC)OCCCCCC. The van der Waals surface area contributed by atoms with Gasteiger partial charge in [-0.25, -0.2) is 4.79 Å². The van der Waals surface area contributed by atoms with Crippen LogP contribution in [0.4, 0.5) is 0 Å². The van der Waals surface area contributed by atoms with Crippen LogP contribution in [0.2, 0.25) is 0 Å². The maximum atomic E-state index is 10.8. The summed E-state index contributed by atoms with van der Waals surface area (Å²) in [7, 11) is 0. The van der Waals surface area contributed by atoms with Crippen molar-refractivity contribution in [2.24, 2.45) is 0 Å². The van der Waals surface area contributed by atoms with Gasteiger partial charge in [-0.15, -0.1) is 0 Å². The summed E-state index contributed by atoms with van der Waals surface area (Å²) in [5, 5.41) is 8.86. The van der Waals surface area contributed by atoms with Crippen LogP contribution in [0.1, 0.15) is 39.5 Å². The Morgan fingerprint density at radius 2 is 2.00 bits per heavy atom. The molecule has 0 spiro atoms. The van der Waals surface area contributed by atoms with E-state index in [1.165, 1.54) is 12.8 Å². The normalized spacial score (nSPS) is 12.4. The number of rotatable bonds is 11. The molecule has 17 heavy (non-hydrogen) atoms. The zero-order chi connectivity index (χ0) is 13.1. The molecule has 0 aromatic heterocycles. The van der Waals surface area contributed by atoms with E-state index in [-0.39, 0.29) is 12.2 Å². The molecule has 0 aliphatic heterocycles. The summed E-state index contributed by atoms with van der Waals surface area (Å²) < 4.78 is 10.7. The zero-order valence-corrected chi connectivity index (χ0v) is 10.9. The highest BCUT2D eigenvalue weighted by Crippen LogP contribution is 2.08. The van der Waals surface area contributed by atoms with Gasteiger partial charge >= 0.3 is 5.97 Å². The van der Waals surface area contributed by atoms with Crippen LogP contribution in [-0.2, 0) is 14.3 Å². The molecule has 0 aromatic rings. The van der Waals surface area contributed by atoms with Crippen LogP contribution in [0.15, 0.2) is 12.2 Å². The third-order valence-electron chi connectivity index (χ3n) is 2.45. The van der Waals surface area contributed by atoms with Gasteiger partial charge in [0, 0.05) is 13.2 Å².